The Labute approximate surface area is 247 Å². The maximum atomic E-state index is 14.1. The van der Waals surface area contributed by atoms with Crippen molar-refractivity contribution in [1.29, 1.82) is 0 Å². The molecule has 232 valence electrons. The minimum absolute atomic E-state index is 0. The number of H-pyrrole nitrogens is 1. The molecule has 0 radical (unpaired) electrons. The Morgan fingerprint density at radius 1 is 1.20 bits per heavy atom. The second-order valence-electron chi connectivity index (χ2n) is 10.7. The third kappa shape index (κ3) is 9.40. The first-order valence-corrected chi connectivity index (χ1v) is 15.2. The van der Waals surface area contributed by atoms with E-state index in [4.69, 9.17) is 0 Å². The summed E-state index contributed by atoms with van der Waals surface area (Å²) in [6, 6.07) is 2.91. The average Bonchev–Trinajstić information content (AvgIpc) is 3.65. The summed E-state index contributed by atoms with van der Waals surface area (Å²) < 4.78 is 27.4. The number of halogens is 2. The maximum absolute atomic E-state index is 14.1. The summed E-state index contributed by atoms with van der Waals surface area (Å²) in [5.41, 5.74) is 1.41. The van der Waals surface area contributed by atoms with Crippen molar-refractivity contribution >= 4 is 11.8 Å². The molecule has 41 heavy (non-hydrogen) atoms. The summed E-state index contributed by atoms with van der Waals surface area (Å²) in [4.78, 5) is 35.6. The second kappa shape index (κ2) is 16.3. The number of piperidine rings is 1. The van der Waals surface area contributed by atoms with Crippen molar-refractivity contribution in [2.75, 3.05) is 6.54 Å². The van der Waals surface area contributed by atoms with Crippen LogP contribution in [-0.4, -0.2) is 45.3 Å². The zero-order valence-corrected chi connectivity index (χ0v) is 25.8. The normalized spacial score (nSPS) is 20.1. The number of nitrogens with one attached hydrogen (secondary N) is 3. The molecule has 4 atom stereocenters. The lowest BCUT2D eigenvalue weighted by atomic mass is 10.0. The van der Waals surface area contributed by atoms with E-state index >= 15 is 0 Å². The van der Waals surface area contributed by atoms with Gasteiger partial charge in [-0.25, -0.2) is 13.8 Å². The number of likely N-dealkylation sites (tertiary alicyclic amines) is 1. The van der Waals surface area contributed by atoms with E-state index in [1.807, 2.05) is 27.7 Å². The van der Waals surface area contributed by atoms with E-state index < -0.39 is 17.7 Å². The van der Waals surface area contributed by atoms with Crippen molar-refractivity contribution in [3.63, 3.8) is 0 Å². The van der Waals surface area contributed by atoms with Gasteiger partial charge in [0.15, 0.2) is 0 Å². The smallest absolute Gasteiger partial charge is 0.243 e. The lowest BCUT2D eigenvalue weighted by Gasteiger charge is -2.37. The number of carbonyl (C=O) groups excluding carboxylic acids is 2. The molecule has 0 spiro atoms. The van der Waals surface area contributed by atoms with Crippen molar-refractivity contribution < 1.29 is 21.2 Å². The number of benzene rings is 1. The number of hydrogen-bond acceptors (Lipinski definition) is 4. The van der Waals surface area contributed by atoms with Gasteiger partial charge in [0.05, 0.1) is 18.4 Å². The van der Waals surface area contributed by atoms with E-state index in [1.54, 1.807) is 0 Å². The van der Waals surface area contributed by atoms with Gasteiger partial charge in [-0.05, 0) is 56.6 Å². The maximum Gasteiger partial charge on any atom is 0.243 e. The van der Waals surface area contributed by atoms with Crippen LogP contribution in [0.1, 0.15) is 89.2 Å². The van der Waals surface area contributed by atoms with Crippen LogP contribution >= 0.6 is 0 Å². The minimum atomic E-state index is -0.758. The highest BCUT2D eigenvalue weighted by molar-refractivity contribution is 5.89. The molecule has 1 saturated carbocycles. The summed E-state index contributed by atoms with van der Waals surface area (Å²) in [7, 11) is 0. The zero-order valence-electron chi connectivity index (χ0n) is 25.8. The molecular weight excluding hydrogens is 524 g/mol. The van der Waals surface area contributed by atoms with Gasteiger partial charge in [-0.3, -0.25) is 9.59 Å². The summed E-state index contributed by atoms with van der Waals surface area (Å²) in [6.07, 6.45) is 5.95. The van der Waals surface area contributed by atoms with Crippen LogP contribution in [0.2, 0.25) is 0 Å². The van der Waals surface area contributed by atoms with Gasteiger partial charge >= 0.3 is 0 Å². The predicted octanol–water partition coefficient (Wildman–Crippen LogP) is 7.07. The molecule has 2 aromatic rings. The monoisotopic (exact) mass is 577 g/mol. The van der Waals surface area contributed by atoms with E-state index in [1.165, 1.54) is 24.8 Å². The van der Waals surface area contributed by atoms with Crippen molar-refractivity contribution in [3.8, 4) is 11.3 Å². The SMILES string of the molecule is C=C(C[C@H](NC(=O)C1CC1C(C)C)C(=O)NCc1ncc(-c2ccc(F)cc2F)[nH]1)N1CCCC[C@@H]1C.CC.CC.[HH].[HH]. The third-order valence-electron chi connectivity index (χ3n) is 7.59. The van der Waals surface area contributed by atoms with Crippen LogP contribution in [0, 0.1) is 29.4 Å². The van der Waals surface area contributed by atoms with Gasteiger partial charge in [0, 0.05) is 45.1 Å². The molecule has 1 saturated heterocycles. The quantitative estimate of drug-likeness (QED) is 0.282. The van der Waals surface area contributed by atoms with E-state index in [9.17, 15) is 18.4 Å². The average molecular weight is 578 g/mol. The first kappa shape index (κ1) is 34.0. The fourth-order valence-electron chi connectivity index (χ4n) is 5.25. The summed E-state index contributed by atoms with van der Waals surface area (Å²) >= 11 is 0. The van der Waals surface area contributed by atoms with Gasteiger partial charge < -0.3 is 20.5 Å². The molecule has 1 aliphatic carbocycles. The number of carbonyl (C=O) groups is 2. The van der Waals surface area contributed by atoms with Crippen LogP contribution in [0.4, 0.5) is 8.78 Å². The Kier molecular flexibility index (Phi) is 13.5. The number of imidazole rings is 1. The van der Waals surface area contributed by atoms with Crippen LogP contribution < -0.4 is 10.6 Å². The molecule has 2 heterocycles. The fraction of sp³-hybridized carbons (Fsp3) is 0.594. The van der Waals surface area contributed by atoms with E-state index in [0.717, 1.165) is 37.6 Å². The Balaban J connectivity index is 0.00000282. The lowest BCUT2D eigenvalue weighted by Crippen LogP contribution is -2.49. The molecule has 9 heteroatoms. The van der Waals surface area contributed by atoms with Crippen LogP contribution in [0.25, 0.3) is 11.3 Å². The van der Waals surface area contributed by atoms with E-state index in [0.29, 0.717) is 35.8 Å². The highest BCUT2D eigenvalue weighted by Gasteiger charge is 2.45. The molecule has 7 nitrogen and oxygen atoms in total. The standard InChI is InChI=1S/C28H37F2N5O2.2C2H6.2H2/c1-16(2)21-13-22(21)27(36)34-24(11-18(4)35-10-6-5-7-17(35)3)28(37)32-15-26-31-14-25(33-26)20-9-8-19(29)12-23(20)30;2*1-2;;/h8-9,12,14,16-17,21-22,24H,4-7,10-11,13,15H2,1-3H3,(H,31,33)(H,32,37)(H,34,36);2*1-2H3;2*1H/t17-,21?,22?,24-;;;;/m0..../s1. The first-order valence-electron chi connectivity index (χ1n) is 15.2. The van der Waals surface area contributed by atoms with Crippen molar-refractivity contribution in [3.05, 3.63) is 54.1 Å². The van der Waals surface area contributed by atoms with Crippen molar-refractivity contribution in [2.24, 2.45) is 17.8 Å². The van der Waals surface area contributed by atoms with Gasteiger partial charge in [0.25, 0.3) is 0 Å². The zero-order chi connectivity index (χ0) is 30.7. The second-order valence-corrected chi connectivity index (χ2v) is 10.7. The molecule has 1 aromatic carbocycles. The molecule has 1 aliphatic heterocycles. The first-order chi connectivity index (χ1) is 19.6. The highest BCUT2D eigenvalue weighted by atomic mass is 19.1. The third-order valence-corrected chi connectivity index (χ3v) is 7.59. The number of amides is 2. The number of nitrogens with zero attached hydrogens (tertiary/aromatic N) is 2. The summed E-state index contributed by atoms with van der Waals surface area (Å²) in [5, 5.41) is 5.82. The molecule has 3 N–H and O–H groups in total. The molecule has 4 rings (SSSR count). The van der Waals surface area contributed by atoms with Gasteiger partial charge in [0.2, 0.25) is 11.8 Å². The molecule has 2 fully saturated rings. The van der Waals surface area contributed by atoms with Gasteiger partial charge in [-0.15, -0.1) is 0 Å². The number of aromatic nitrogens is 2. The molecule has 2 amide bonds. The Morgan fingerprint density at radius 3 is 2.51 bits per heavy atom. The van der Waals surface area contributed by atoms with Crippen molar-refractivity contribution in [2.45, 2.75) is 99.2 Å². The van der Waals surface area contributed by atoms with Crippen LogP contribution in [0.15, 0.2) is 36.7 Å². The number of hydrogen-bond donors (Lipinski definition) is 3. The Morgan fingerprint density at radius 2 is 1.90 bits per heavy atom. The van der Waals surface area contributed by atoms with E-state index in [2.05, 4.69) is 52.9 Å². The van der Waals surface area contributed by atoms with Crippen LogP contribution in [-0.2, 0) is 16.1 Å². The van der Waals surface area contributed by atoms with Crippen LogP contribution in [0.5, 0.6) is 0 Å². The highest BCUT2D eigenvalue weighted by Crippen LogP contribution is 2.44. The minimum Gasteiger partial charge on any atom is -0.373 e. The molecule has 1 aromatic heterocycles. The van der Waals surface area contributed by atoms with Gasteiger partial charge in [0.1, 0.15) is 23.5 Å². The molecule has 0 bridgehead atoms. The fourth-order valence-corrected chi connectivity index (χ4v) is 5.25. The van der Waals surface area contributed by atoms with Crippen LogP contribution in [0.3, 0.4) is 0 Å². The predicted molar refractivity (Wildman–Crippen MR) is 165 cm³/mol. The lowest BCUT2D eigenvalue weighted by molar-refractivity contribution is -0.130. The molecular formula is C32H53F2N5O2. The Bertz CT molecular complexity index is 1160. The Hall–Kier alpha value is -3.23. The summed E-state index contributed by atoms with van der Waals surface area (Å²) in [6.45, 7) is 19.6. The largest absolute Gasteiger partial charge is 0.373 e. The van der Waals surface area contributed by atoms with Crippen molar-refractivity contribution in [1.82, 2.24) is 25.5 Å². The topological polar surface area (TPSA) is 90.1 Å². The van der Waals surface area contributed by atoms with Gasteiger partial charge in [-0.2, -0.15) is 0 Å². The molecule has 2 unspecified atom stereocenters. The number of aromatic amines is 1. The van der Waals surface area contributed by atoms with E-state index in [-0.39, 0.29) is 32.7 Å². The molecule has 2 aliphatic rings. The summed E-state index contributed by atoms with van der Waals surface area (Å²) in [5.74, 6) is -0.649. The number of rotatable bonds is 10. The van der Waals surface area contributed by atoms with Gasteiger partial charge in [-0.1, -0.05) is 48.1 Å².